The topological polar surface area (TPSA) is 75.9 Å². The third-order valence-corrected chi connectivity index (χ3v) is 4.41. The number of amides is 1. The standard InChI is InChI=1S/C18H20N6O2/c1-22(2)18-20-5-3-15(21-18)16-11-23(7-8-26-16)17(25)13-4-6-24-12-19-10-14(24)9-13/h3-6,9-10,12,16H,7-8,11H2,1-2H3/t16-/m0/s1. The Bertz CT molecular complexity index is 938. The molecule has 0 radical (unpaired) electrons. The molecule has 8 heteroatoms. The Kier molecular flexibility index (Phi) is 4.26. The smallest absolute Gasteiger partial charge is 0.254 e. The van der Waals surface area contributed by atoms with Crippen LogP contribution in [0.2, 0.25) is 0 Å². The van der Waals surface area contributed by atoms with Crippen molar-refractivity contribution in [2.75, 3.05) is 38.7 Å². The molecule has 26 heavy (non-hydrogen) atoms. The van der Waals surface area contributed by atoms with E-state index >= 15 is 0 Å². The fourth-order valence-electron chi connectivity index (χ4n) is 3.00. The van der Waals surface area contributed by atoms with E-state index in [1.807, 2.05) is 52.7 Å². The highest BCUT2D eigenvalue weighted by atomic mass is 16.5. The minimum atomic E-state index is -0.256. The first kappa shape index (κ1) is 16.5. The third-order valence-electron chi connectivity index (χ3n) is 4.41. The molecule has 0 N–H and O–H groups in total. The van der Waals surface area contributed by atoms with Crippen LogP contribution in [-0.2, 0) is 4.74 Å². The molecule has 1 aliphatic heterocycles. The van der Waals surface area contributed by atoms with Crippen LogP contribution in [0.15, 0.2) is 43.1 Å². The minimum Gasteiger partial charge on any atom is -0.368 e. The number of fused-ring (bicyclic) bond motifs is 1. The maximum atomic E-state index is 12.9. The Morgan fingerprint density at radius 1 is 1.35 bits per heavy atom. The van der Waals surface area contributed by atoms with Crippen LogP contribution in [-0.4, -0.2) is 64.0 Å². The molecule has 8 nitrogen and oxygen atoms in total. The van der Waals surface area contributed by atoms with Crippen molar-refractivity contribution in [1.82, 2.24) is 24.3 Å². The van der Waals surface area contributed by atoms with Crippen LogP contribution in [0.25, 0.3) is 5.52 Å². The summed E-state index contributed by atoms with van der Waals surface area (Å²) in [7, 11) is 3.78. The van der Waals surface area contributed by atoms with Crippen molar-refractivity contribution in [3.05, 3.63) is 54.4 Å². The average molecular weight is 352 g/mol. The van der Waals surface area contributed by atoms with Crippen molar-refractivity contribution in [3.63, 3.8) is 0 Å². The minimum absolute atomic E-state index is 0.0103. The number of carbonyl (C=O) groups is 1. The fourth-order valence-corrected chi connectivity index (χ4v) is 3.00. The maximum absolute atomic E-state index is 12.9. The summed E-state index contributed by atoms with van der Waals surface area (Å²) in [4.78, 5) is 29.4. The number of hydrogen-bond donors (Lipinski definition) is 0. The normalized spacial score (nSPS) is 17.5. The average Bonchev–Trinajstić information content (AvgIpc) is 3.15. The number of aromatic nitrogens is 4. The molecule has 3 aromatic rings. The van der Waals surface area contributed by atoms with Gasteiger partial charge >= 0.3 is 0 Å². The highest BCUT2D eigenvalue weighted by Crippen LogP contribution is 2.23. The predicted octanol–water partition coefficient (Wildman–Crippen LogP) is 1.40. The van der Waals surface area contributed by atoms with E-state index in [4.69, 9.17) is 4.74 Å². The van der Waals surface area contributed by atoms with Crippen LogP contribution >= 0.6 is 0 Å². The van der Waals surface area contributed by atoms with E-state index in [-0.39, 0.29) is 12.0 Å². The lowest BCUT2D eigenvalue weighted by Crippen LogP contribution is -2.42. The number of morpholine rings is 1. The van der Waals surface area contributed by atoms with Gasteiger partial charge in [-0.25, -0.2) is 15.0 Å². The first-order chi connectivity index (χ1) is 12.6. The Morgan fingerprint density at radius 2 is 2.23 bits per heavy atom. The second-order valence-corrected chi connectivity index (χ2v) is 6.43. The van der Waals surface area contributed by atoms with Gasteiger partial charge < -0.3 is 18.9 Å². The zero-order valence-electron chi connectivity index (χ0n) is 14.7. The number of carbonyl (C=O) groups excluding carboxylic acids is 1. The highest BCUT2D eigenvalue weighted by molar-refractivity contribution is 5.95. The maximum Gasteiger partial charge on any atom is 0.254 e. The molecule has 0 unspecified atom stereocenters. The molecule has 0 aliphatic carbocycles. The van der Waals surface area contributed by atoms with Crippen molar-refractivity contribution in [3.8, 4) is 0 Å². The van der Waals surface area contributed by atoms with E-state index in [0.717, 1.165) is 11.2 Å². The number of imidazole rings is 1. The largest absolute Gasteiger partial charge is 0.368 e. The molecular formula is C18H20N6O2. The molecule has 1 amide bonds. The highest BCUT2D eigenvalue weighted by Gasteiger charge is 2.27. The van der Waals surface area contributed by atoms with E-state index in [9.17, 15) is 4.79 Å². The van der Waals surface area contributed by atoms with Crippen molar-refractivity contribution >= 4 is 17.4 Å². The predicted molar refractivity (Wildman–Crippen MR) is 96.1 cm³/mol. The Morgan fingerprint density at radius 3 is 3.08 bits per heavy atom. The SMILES string of the molecule is CN(C)c1nccc([C@@H]2CN(C(=O)c3ccn4cncc4c3)CCO2)n1. The van der Waals surface area contributed by atoms with Crippen molar-refractivity contribution in [2.24, 2.45) is 0 Å². The first-order valence-corrected chi connectivity index (χ1v) is 8.44. The third kappa shape index (κ3) is 3.11. The first-order valence-electron chi connectivity index (χ1n) is 8.44. The van der Waals surface area contributed by atoms with E-state index < -0.39 is 0 Å². The van der Waals surface area contributed by atoms with Crippen LogP contribution in [0.5, 0.6) is 0 Å². The van der Waals surface area contributed by atoms with Crippen molar-refractivity contribution in [2.45, 2.75) is 6.10 Å². The van der Waals surface area contributed by atoms with Gasteiger partial charge in [-0.1, -0.05) is 0 Å². The number of anilines is 1. The number of nitrogens with zero attached hydrogens (tertiary/aromatic N) is 6. The molecular weight excluding hydrogens is 332 g/mol. The molecule has 1 saturated heterocycles. The number of pyridine rings is 1. The van der Waals surface area contributed by atoms with E-state index in [1.165, 1.54) is 0 Å². The molecule has 1 atom stereocenters. The van der Waals surface area contributed by atoms with Gasteiger partial charge in [-0.15, -0.1) is 0 Å². The van der Waals surface area contributed by atoms with Crippen molar-refractivity contribution in [1.29, 1.82) is 0 Å². The summed E-state index contributed by atoms with van der Waals surface area (Å²) in [6.07, 6.45) is 6.76. The fraction of sp³-hybridized carbons (Fsp3) is 0.333. The molecule has 1 fully saturated rings. The summed E-state index contributed by atoms with van der Waals surface area (Å²) < 4.78 is 7.73. The van der Waals surface area contributed by atoms with Gasteiger partial charge in [-0.2, -0.15) is 0 Å². The van der Waals surface area contributed by atoms with E-state index in [0.29, 0.717) is 31.2 Å². The summed E-state index contributed by atoms with van der Waals surface area (Å²) in [6.45, 7) is 1.51. The molecule has 134 valence electrons. The summed E-state index contributed by atoms with van der Waals surface area (Å²) >= 11 is 0. The number of hydrogen-bond acceptors (Lipinski definition) is 6. The van der Waals surface area contributed by atoms with Gasteiger partial charge in [0, 0.05) is 38.6 Å². The van der Waals surface area contributed by atoms with Gasteiger partial charge in [0.15, 0.2) is 0 Å². The molecule has 0 spiro atoms. The molecule has 0 bridgehead atoms. The summed E-state index contributed by atoms with van der Waals surface area (Å²) in [6, 6.07) is 5.51. The van der Waals surface area contributed by atoms with Crippen LogP contribution in [0.3, 0.4) is 0 Å². The van der Waals surface area contributed by atoms with Crippen molar-refractivity contribution < 1.29 is 9.53 Å². The molecule has 4 heterocycles. The lowest BCUT2D eigenvalue weighted by atomic mass is 10.1. The van der Waals surface area contributed by atoms with E-state index in [1.54, 1.807) is 18.7 Å². The van der Waals surface area contributed by atoms with Gasteiger partial charge in [0.05, 0.1) is 36.9 Å². The van der Waals surface area contributed by atoms with Crippen LogP contribution in [0.1, 0.15) is 22.2 Å². The van der Waals surface area contributed by atoms with Gasteiger partial charge in [0.25, 0.3) is 5.91 Å². The monoisotopic (exact) mass is 352 g/mol. The van der Waals surface area contributed by atoms with E-state index in [2.05, 4.69) is 15.0 Å². The lowest BCUT2D eigenvalue weighted by Gasteiger charge is -2.33. The van der Waals surface area contributed by atoms with Crippen LogP contribution < -0.4 is 4.90 Å². The zero-order chi connectivity index (χ0) is 18.1. The molecule has 0 saturated carbocycles. The summed E-state index contributed by atoms with van der Waals surface area (Å²) in [5, 5.41) is 0. The van der Waals surface area contributed by atoms with Crippen LogP contribution in [0.4, 0.5) is 5.95 Å². The lowest BCUT2D eigenvalue weighted by molar-refractivity contribution is -0.0247. The van der Waals surface area contributed by atoms with Gasteiger partial charge in [-0.05, 0) is 18.2 Å². The molecule has 1 aliphatic rings. The molecule has 3 aromatic heterocycles. The molecule has 4 rings (SSSR count). The number of rotatable bonds is 3. The second kappa shape index (κ2) is 6.72. The van der Waals surface area contributed by atoms with Crippen LogP contribution in [0, 0.1) is 0 Å². The Balaban J connectivity index is 1.54. The number of ether oxygens (including phenoxy) is 1. The summed E-state index contributed by atoms with van der Waals surface area (Å²) in [5.41, 5.74) is 2.33. The quantitative estimate of drug-likeness (QED) is 0.709. The Hall–Kier alpha value is -3.00. The zero-order valence-corrected chi connectivity index (χ0v) is 14.7. The summed E-state index contributed by atoms with van der Waals surface area (Å²) in [5.74, 6) is 0.615. The van der Waals surface area contributed by atoms with Gasteiger partial charge in [0.2, 0.25) is 5.95 Å². The molecule has 0 aromatic carbocycles. The second-order valence-electron chi connectivity index (χ2n) is 6.43. The van der Waals surface area contributed by atoms with Gasteiger partial charge in [0.1, 0.15) is 6.10 Å². The van der Waals surface area contributed by atoms with Gasteiger partial charge in [-0.3, -0.25) is 4.79 Å². The Labute approximate surface area is 151 Å².